The number of hydrogen-bond donors (Lipinski definition) is 0. The molecule has 0 radical (unpaired) electrons. The second kappa shape index (κ2) is 5.53. The van der Waals surface area contributed by atoms with Crippen LogP contribution in [-0.2, 0) is 10.0 Å². The summed E-state index contributed by atoms with van der Waals surface area (Å²) in [5.41, 5.74) is 1.04. The standard InChI is InChI=1S/C12H16BrNO2S2/c1-9-3-4-12(11(13)7-9)18(15,16)14-5-6-17-8-10(14)2/h3-4,7,10H,5-6,8H2,1-2H3. The zero-order valence-electron chi connectivity index (χ0n) is 10.4. The third-order valence-electron chi connectivity index (χ3n) is 2.98. The van der Waals surface area contributed by atoms with Gasteiger partial charge in [-0.25, -0.2) is 8.42 Å². The van der Waals surface area contributed by atoms with Crippen LogP contribution in [0.15, 0.2) is 27.6 Å². The lowest BCUT2D eigenvalue weighted by Crippen LogP contribution is -2.44. The van der Waals surface area contributed by atoms with Gasteiger partial charge in [-0.1, -0.05) is 6.07 Å². The van der Waals surface area contributed by atoms with Gasteiger partial charge in [-0.3, -0.25) is 0 Å². The summed E-state index contributed by atoms with van der Waals surface area (Å²) in [6.07, 6.45) is 0. The van der Waals surface area contributed by atoms with E-state index in [4.69, 9.17) is 0 Å². The number of rotatable bonds is 2. The quantitative estimate of drug-likeness (QED) is 0.823. The number of thioether (sulfide) groups is 1. The molecule has 0 aliphatic carbocycles. The lowest BCUT2D eigenvalue weighted by Gasteiger charge is -2.32. The minimum Gasteiger partial charge on any atom is -0.207 e. The zero-order chi connectivity index (χ0) is 13.3. The summed E-state index contributed by atoms with van der Waals surface area (Å²) >= 11 is 5.17. The van der Waals surface area contributed by atoms with E-state index < -0.39 is 10.0 Å². The van der Waals surface area contributed by atoms with Gasteiger partial charge < -0.3 is 0 Å². The highest BCUT2D eigenvalue weighted by atomic mass is 79.9. The van der Waals surface area contributed by atoms with Crippen LogP contribution in [0.25, 0.3) is 0 Å². The van der Waals surface area contributed by atoms with Crippen molar-refractivity contribution in [1.82, 2.24) is 4.31 Å². The van der Waals surface area contributed by atoms with Crippen molar-refractivity contribution in [3.05, 3.63) is 28.2 Å². The summed E-state index contributed by atoms with van der Waals surface area (Å²) < 4.78 is 27.5. The Morgan fingerprint density at radius 1 is 1.44 bits per heavy atom. The molecule has 1 aromatic carbocycles. The van der Waals surface area contributed by atoms with E-state index in [1.54, 1.807) is 22.1 Å². The molecule has 1 aliphatic heterocycles. The van der Waals surface area contributed by atoms with Crippen LogP contribution in [0.4, 0.5) is 0 Å². The highest BCUT2D eigenvalue weighted by Crippen LogP contribution is 2.29. The molecule has 6 heteroatoms. The first-order valence-corrected chi connectivity index (χ1v) is 9.17. The van der Waals surface area contributed by atoms with Gasteiger partial charge in [0.25, 0.3) is 0 Å². The predicted octanol–water partition coefficient (Wildman–Crippen LogP) is 2.88. The van der Waals surface area contributed by atoms with Crippen LogP contribution >= 0.6 is 27.7 Å². The van der Waals surface area contributed by atoms with E-state index >= 15 is 0 Å². The molecule has 3 nitrogen and oxygen atoms in total. The Hall–Kier alpha value is -0.0400. The van der Waals surface area contributed by atoms with Crippen LogP contribution in [-0.4, -0.2) is 36.8 Å². The SMILES string of the molecule is Cc1ccc(S(=O)(=O)N2CCSCC2C)c(Br)c1. The van der Waals surface area contributed by atoms with Crippen LogP contribution in [0.1, 0.15) is 12.5 Å². The largest absolute Gasteiger partial charge is 0.244 e. The summed E-state index contributed by atoms with van der Waals surface area (Å²) in [5, 5.41) is 0. The van der Waals surface area contributed by atoms with Gasteiger partial charge in [-0.2, -0.15) is 16.1 Å². The molecular weight excluding hydrogens is 334 g/mol. The summed E-state index contributed by atoms with van der Waals surface area (Å²) in [5.74, 6) is 1.73. The molecule has 1 atom stereocenters. The molecule has 1 aromatic rings. The van der Waals surface area contributed by atoms with Gasteiger partial charge in [-0.05, 0) is 47.5 Å². The Balaban J connectivity index is 2.41. The van der Waals surface area contributed by atoms with Crippen molar-refractivity contribution in [3.8, 4) is 0 Å². The minimum atomic E-state index is -3.39. The van der Waals surface area contributed by atoms with Crippen LogP contribution in [0.2, 0.25) is 0 Å². The number of sulfonamides is 1. The predicted molar refractivity (Wildman–Crippen MR) is 79.6 cm³/mol. The van der Waals surface area contributed by atoms with Crippen LogP contribution in [0.5, 0.6) is 0 Å². The molecule has 18 heavy (non-hydrogen) atoms. The topological polar surface area (TPSA) is 37.4 Å². The molecule has 0 aromatic heterocycles. The van der Waals surface area contributed by atoms with E-state index in [0.717, 1.165) is 17.1 Å². The molecule has 1 saturated heterocycles. The Kier molecular flexibility index (Phi) is 4.41. The molecule has 0 saturated carbocycles. The molecule has 0 bridgehead atoms. The Bertz CT molecular complexity index is 545. The van der Waals surface area contributed by atoms with E-state index in [1.165, 1.54) is 0 Å². The fourth-order valence-corrected chi connectivity index (χ4v) is 6.02. The van der Waals surface area contributed by atoms with Gasteiger partial charge in [0.15, 0.2) is 0 Å². The zero-order valence-corrected chi connectivity index (χ0v) is 13.6. The van der Waals surface area contributed by atoms with Crippen molar-refractivity contribution in [2.75, 3.05) is 18.1 Å². The Labute approximate surface area is 121 Å². The van der Waals surface area contributed by atoms with Gasteiger partial charge in [0, 0.05) is 28.6 Å². The number of halogens is 1. The smallest absolute Gasteiger partial charge is 0.207 e. The molecule has 1 aliphatic rings. The normalized spacial score (nSPS) is 22.1. The molecule has 100 valence electrons. The van der Waals surface area contributed by atoms with E-state index in [9.17, 15) is 8.42 Å². The van der Waals surface area contributed by atoms with Crippen molar-refractivity contribution in [2.24, 2.45) is 0 Å². The van der Waals surface area contributed by atoms with E-state index in [-0.39, 0.29) is 6.04 Å². The fourth-order valence-electron chi connectivity index (χ4n) is 2.01. The van der Waals surface area contributed by atoms with Crippen molar-refractivity contribution >= 4 is 37.7 Å². The maximum atomic E-state index is 12.6. The first kappa shape index (κ1) is 14.4. The molecule has 1 heterocycles. The van der Waals surface area contributed by atoms with Crippen molar-refractivity contribution in [1.29, 1.82) is 0 Å². The number of benzene rings is 1. The van der Waals surface area contributed by atoms with E-state index in [0.29, 0.717) is 15.9 Å². The summed E-state index contributed by atoms with van der Waals surface area (Å²) in [6, 6.07) is 5.42. The van der Waals surface area contributed by atoms with Gasteiger partial charge in [0.05, 0.1) is 4.90 Å². The van der Waals surface area contributed by atoms with Crippen molar-refractivity contribution in [3.63, 3.8) is 0 Å². The van der Waals surface area contributed by atoms with Crippen LogP contribution in [0, 0.1) is 6.92 Å². The molecule has 2 rings (SSSR count). The highest BCUT2D eigenvalue weighted by molar-refractivity contribution is 9.10. The van der Waals surface area contributed by atoms with E-state index in [1.807, 2.05) is 26.0 Å². The lowest BCUT2D eigenvalue weighted by atomic mass is 10.2. The molecule has 0 amide bonds. The first-order valence-electron chi connectivity index (χ1n) is 5.78. The molecule has 0 N–H and O–H groups in total. The summed E-state index contributed by atoms with van der Waals surface area (Å²) in [4.78, 5) is 0.367. The number of aryl methyl sites for hydroxylation is 1. The first-order chi connectivity index (χ1) is 8.43. The van der Waals surface area contributed by atoms with Crippen LogP contribution in [0.3, 0.4) is 0 Å². The Morgan fingerprint density at radius 2 is 2.17 bits per heavy atom. The third-order valence-corrected chi connectivity index (χ3v) is 7.16. The summed E-state index contributed by atoms with van der Waals surface area (Å²) in [7, 11) is -3.39. The maximum absolute atomic E-state index is 12.6. The lowest BCUT2D eigenvalue weighted by molar-refractivity contribution is 0.367. The second-order valence-corrected chi connectivity index (χ2v) is 8.34. The number of hydrogen-bond acceptors (Lipinski definition) is 3. The highest BCUT2D eigenvalue weighted by Gasteiger charge is 2.32. The van der Waals surface area contributed by atoms with Crippen LogP contribution < -0.4 is 0 Å². The third kappa shape index (κ3) is 2.76. The molecule has 1 unspecified atom stereocenters. The van der Waals surface area contributed by atoms with Gasteiger partial charge in [0.2, 0.25) is 10.0 Å². The van der Waals surface area contributed by atoms with Gasteiger partial charge in [-0.15, -0.1) is 0 Å². The summed E-state index contributed by atoms with van der Waals surface area (Å²) in [6.45, 7) is 4.50. The monoisotopic (exact) mass is 349 g/mol. The molecule has 1 fully saturated rings. The molecule has 0 spiro atoms. The number of nitrogens with zero attached hydrogens (tertiary/aromatic N) is 1. The fraction of sp³-hybridized carbons (Fsp3) is 0.500. The van der Waals surface area contributed by atoms with Crippen molar-refractivity contribution < 1.29 is 8.42 Å². The average Bonchev–Trinajstić information content (AvgIpc) is 2.28. The van der Waals surface area contributed by atoms with Crippen molar-refractivity contribution in [2.45, 2.75) is 24.8 Å². The second-order valence-electron chi connectivity index (χ2n) is 4.47. The van der Waals surface area contributed by atoms with Gasteiger partial charge in [0.1, 0.15) is 0 Å². The minimum absolute atomic E-state index is 0.0574. The van der Waals surface area contributed by atoms with Gasteiger partial charge >= 0.3 is 0 Å². The van der Waals surface area contributed by atoms with E-state index in [2.05, 4.69) is 15.9 Å². The maximum Gasteiger partial charge on any atom is 0.244 e. The molecular formula is C12H16BrNO2S2. The Morgan fingerprint density at radius 3 is 2.78 bits per heavy atom. The average molecular weight is 350 g/mol.